The van der Waals surface area contributed by atoms with Crippen LogP contribution in [0, 0.1) is 5.92 Å². The molecule has 0 saturated heterocycles. The molecule has 0 bridgehead atoms. The SMILES string of the molecule is COc1ccc2c(=O)oc(C(=O)NCCC(C)C)cc2c1. The van der Waals surface area contributed by atoms with E-state index in [9.17, 15) is 9.59 Å². The van der Waals surface area contributed by atoms with E-state index in [0.29, 0.717) is 29.0 Å². The van der Waals surface area contributed by atoms with Gasteiger partial charge in [0.2, 0.25) is 0 Å². The van der Waals surface area contributed by atoms with E-state index in [1.54, 1.807) is 31.4 Å². The minimum atomic E-state index is -0.524. The van der Waals surface area contributed by atoms with Crippen molar-refractivity contribution in [2.24, 2.45) is 5.92 Å². The third-order valence-corrected chi connectivity index (χ3v) is 3.20. The van der Waals surface area contributed by atoms with Gasteiger partial charge >= 0.3 is 5.63 Å². The Kier molecular flexibility index (Phi) is 4.62. The summed E-state index contributed by atoms with van der Waals surface area (Å²) in [4.78, 5) is 23.9. The van der Waals surface area contributed by atoms with Crippen molar-refractivity contribution in [2.75, 3.05) is 13.7 Å². The van der Waals surface area contributed by atoms with Crippen LogP contribution in [0.4, 0.5) is 0 Å². The molecule has 0 unspecified atom stereocenters. The molecule has 1 aromatic carbocycles. The first-order valence-electron chi connectivity index (χ1n) is 6.91. The van der Waals surface area contributed by atoms with Crippen molar-refractivity contribution in [1.29, 1.82) is 0 Å². The second kappa shape index (κ2) is 6.43. The molecule has 0 spiro atoms. The Morgan fingerprint density at radius 2 is 2.10 bits per heavy atom. The lowest BCUT2D eigenvalue weighted by molar-refractivity contribution is 0.0920. The van der Waals surface area contributed by atoms with Crippen LogP contribution in [0.2, 0.25) is 0 Å². The monoisotopic (exact) mass is 289 g/mol. The van der Waals surface area contributed by atoms with E-state index in [2.05, 4.69) is 19.2 Å². The smallest absolute Gasteiger partial charge is 0.344 e. The van der Waals surface area contributed by atoms with Gasteiger partial charge in [0, 0.05) is 6.54 Å². The number of rotatable bonds is 5. The van der Waals surface area contributed by atoms with Crippen LogP contribution < -0.4 is 15.7 Å². The summed E-state index contributed by atoms with van der Waals surface area (Å²) in [6.07, 6.45) is 0.872. The summed E-state index contributed by atoms with van der Waals surface area (Å²) in [5, 5.41) is 3.80. The molecule has 5 heteroatoms. The van der Waals surface area contributed by atoms with Crippen LogP contribution in [0.15, 0.2) is 33.5 Å². The molecule has 0 aliphatic heterocycles. The lowest BCUT2D eigenvalue weighted by Gasteiger charge is -2.07. The van der Waals surface area contributed by atoms with E-state index in [4.69, 9.17) is 9.15 Å². The third-order valence-electron chi connectivity index (χ3n) is 3.20. The number of benzene rings is 1. The number of fused-ring (bicyclic) bond motifs is 1. The Hall–Kier alpha value is -2.30. The van der Waals surface area contributed by atoms with Gasteiger partial charge < -0.3 is 14.5 Å². The van der Waals surface area contributed by atoms with Gasteiger partial charge in [0.1, 0.15) is 5.75 Å². The zero-order valence-corrected chi connectivity index (χ0v) is 12.4. The molecule has 0 radical (unpaired) electrons. The van der Waals surface area contributed by atoms with Crippen LogP contribution in [0.5, 0.6) is 5.75 Å². The average molecular weight is 289 g/mol. The fourth-order valence-corrected chi connectivity index (χ4v) is 1.97. The molecule has 2 aromatic rings. The molecule has 1 aromatic heterocycles. The summed E-state index contributed by atoms with van der Waals surface area (Å²) < 4.78 is 10.2. The Morgan fingerprint density at radius 3 is 2.76 bits per heavy atom. The van der Waals surface area contributed by atoms with Gasteiger partial charge in [-0.1, -0.05) is 13.8 Å². The number of hydrogen-bond acceptors (Lipinski definition) is 4. The molecule has 112 valence electrons. The summed E-state index contributed by atoms with van der Waals surface area (Å²) in [5.41, 5.74) is -0.524. The fraction of sp³-hybridized carbons (Fsp3) is 0.375. The molecular formula is C16H19NO4. The van der Waals surface area contributed by atoms with E-state index >= 15 is 0 Å². The number of carbonyl (C=O) groups excluding carboxylic acids is 1. The van der Waals surface area contributed by atoms with Crippen molar-refractivity contribution in [3.8, 4) is 5.75 Å². The maximum atomic E-state index is 12.0. The first kappa shape index (κ1) is 15.1. The van der Waals surface area contributed by atoms with Gasteiger partial charge in [0.15, 0.2) is 5.76 Å². The van der Waals surface area contributed by atoms with E-state index in [1.807, 2.05) is 0 Å². The minimum Gasteiger partial charge on any atom is -0.497 e. The molecular weight excluding hydrogens is 270 g/mol. The van der Waals surface area contributed by atoms with Gasteiger partial charge in [0.25, 0.3) is 5.91 Å². The van der Waals surface area contributed by atoms with Crippen molar-refractivity contribution < 1.29 is 13.9 Å². The van der Waals surface area contributed by atoms with Crippen molar-refractivity contribution in [3.63, 3.8) is 0 Å². The normalized spacial score (nSPS) is 10.9. The van der Waals surface area contributed by atoms with Crippen LogP contribution >= 0.6 is 0 Å². The second-order valence-corrected chi connectivity index (χ2v) is 5.29. The summed E-state index contributed by atoms with van der Waals surface area (Å²) in [5.74, 6) is 0.763. The van der Waals surface area contributed by atoms with E-state index < -0.39 is 5.63 Å². The Labute approximate surface area is 122 Å². The second-order valence-electron chi connectivity index (χ2n) is 5.29. The number of nitrogens with one attached hydrogen (secondary N) is 1. The van der Waals surface area contributed by atoms with Crippen molar-refractivity contribution in [3.05, 3.63) is 40.4 Å². The van der Waals surface area contributed by atoms with E-state index in [-0.39, 0.29) is 11.7 Å². The molecule has 5 nitrogen and oxygen atoms in total. The quantitative estimate of drug-likeness (QED) is 0.918. The number of amides is 1. The van der Waals surface area contributed by atoms with Gasteiger partial charge in [-0.3, -0.25) is 4.79 Å². The molecule has 0 saturated carbocycles. The molecule has 0 aliphatic carbocycles. The Morgan fingerprint density at radius 1 is 1.33 bits per heavy atom. The molecule has 1 heterocycles. The third kappa shape index (κ3) is 3.62. The predicted octanol–water partition coefficient (Wildman–Crippen LogP) is 2.58. The van der Waals surface area contributed by atoms with Gasteiger partial charge in [-0.15, -0.1) is 0 Å². The lowest BCUT2D eigenvalue weighted by Crippen LogP contribution is -2.26. The van der Waals surface area contributed by atoms with Gasteiger partial charge in [-0.2, -0.15) is 0 Å². The standard InChI is InChI=1S/C16H19NO4/c1-10(2)6-7-17-15(18)14-9-11-8-12(20-3)4-5-13(11)16(19)21-14/h4-5,8-10H,6-7H2,1-3H3,(H,17,18). The first-order valence-corrected chi connectivity index (χ1v) is 6.91. The number of ether oxygens (including phenoxy) is 1. The molecule has 1 amide bonds. The average Bonchev–Trinajstić information content (AvgIpc) is 2.45. The highest BCUT2D eigenvalue weighted by molar-refractivity contribution is 5.95. The van der Waals surface area contributed by atoms with Crippen molar-refractivity contribution in [2.45, 2.75) is 20.3 Å². The Balaban J connectivity index is 2.28. The molecule has 1 N–H and O–H groups in total. The highest BCUT2D eigenvalue weighted by Gasteiger charge is 2.12. The molecule has 21 heavy (non-hydrogen) atoms. The largest absolute Gasteiger partial charge is 0.497 e. The number of carbonyl (C=O) groups is 1. The van der Waals surface area contributed by atoms with Gasteiger partial charge in [-0.05, 0) is 42.0 Å². The van der Waals surface area contributed by atoms with Gasteiger partial charge in [-0.25, -0.2) is 4.79 Å². The fourth-order valence-electron chi connectivity index (χ4n) is 1.97. The van der Waals surface area contributed by atoms with Crippen molar-refractivity contribution >= 4 is 16.7 Å². The van der Waals surface area contributed by atoms with Crippen molar-refractivity contribution in [1.82, 2.24) is 5.32 Å². The summed E-state index contributed by atoms with van der Waals surface area (Å²) in [6, 6.07) is 6.57. The molecule has 0 fully saturated rings. The zero-order valence-electron chi connectivity index (χ0n) is 12.4. The minimum absolute atomic E-state index is 0.0181. The Bertz CT molecular complexity index is 703. The maximum Gasteiger partial charge on any atom is 0.344 e. The summed E-state index contributed by atoms with van der Waals surface area (Å²) >= 11 is 0. The van der Waals surface area contributed by atoms with E-state index in [1.165, 1.54) is 0 Å². The molecule has 0 atom stereocenters. The van der Waals surface area contributed by atoms with Crippen LogP contribution in [0.3, 0.4) is 0 Å². The first-order chi connectivity index (χ1) is 10.0. The zero-order chi connectivity index (χ0) is 15.4. The molecule has 2 rings (SSSR count). The number of hydrogen-bond donors (Lipinski definition) is 1. The highest BCUT2D eigenvalue weighted by Crippen LogP contribution is 2.19. The maximum absolute atomic E-state index is 12.0. The van der Waals surface area contributed by atoms with Gasteiger partial charge in [0.05, 0.1) is 12.5 Å². The van der Waals surface area contributed by atoms with E-state index in [0.717, 1.165) is 6.42 Å². The number of methoxy groups -OCH3 is 1. The topological polar surface area (TPSA) is 68.5 Å². The highest BCUT2D eigenvalue weighted by atomic mass is 16.5. The molecule has 0 aliphatic rings. The lowest BCUT2D eigenvalue weighted by atomic mass is 10.1. The van der Waals surface area contributed by atoms with Crippen LogP contribution in [-0.2, 0) is 0 Å². The summed E-state index contributed by atoms with van der Waals surface area (Å²) in [6.45, 7) is 4.71. The summed E-state index contributed by atoms with van der Waals surface area (Å²) in [7, 11) is 1.55. The van der Waals surface area contributed by atoms with Crippen LogP contribution in [0.25, 0.3) is 10.8 Å². The van der Waals surface area contributed by atoms with Crippen LogP contribution in [0.1, 0.15) is 30.8 Å². The predicted molar refractivity (Wildman–Crippen MR) is 80.8 cm³/mol. The van der Waals surface area contributed by atoms with Crippen LogP contribution in [-0.4, -0.2) is 19.6 Å².